The van der Waals surface area contributed by atoms with E-state index in [4.69, 9.17) is 9.84 Å². The Bertz CT molecular complexity index is 295. The van der Waals surface area contributed by atoms with Gasteiger partial charge < -0.3 is 14.7 Å². The summed E-state index contributed by atoms with van der Waals surface area (Å²) in [6, 6.07) is 0. The Morgan fingerprint density at radius 3 is 2.27 bits per heavy atom. The van der Waals surface area contributed by atoms with Crippen molar-refractivity contribution in [1.82, 2.24) is 9.80 Å². The molecule has 0 aliphatic carbocycles. The summed E-state index contributed by atoms with van der Waals surface area (Å²) in [4.78, 5) is 5.06. The number of aliphatic hydroxyl groups is 1. The van der Waals surface area contributed by atoms with E-state index in [9.17, 15) is 0 Å². The summed E-state index contributed by atoms with van der Waals surface area (Å²) >= 11 is 0. The van der Waals surface area contributed by atoms with Gasteiger partial charge in [0.25, 0.3) is 0 Å². The highest BCUT2D eigenvalue weighted by Gasteiger charge is 2.16. The van der Waals surface area contributed by atoms with Gasteiger partial charge in [0, 0.05) is 32.7 Å². The fourth-order valence-corrected chi connectivity index (χ4v) is 2.80. The summed E-state index contributed by atoms with van der Waals surface area (Å²) in [7, 11) is 0. The topological polar surface area (TPSA) is 35.9 Å². The molecular formula is C18H36N2O2. The SMILES string of the molecule is CC(C)=CCC[C@@H](C)CCN1CCN(CCOCCO)CC1. The van der Waals surface area contributed by atoms with Crippen LogP contribution < -0.4 is 0 Å². The van der Waals surface area contributed by atoms with Crippen LogP contribution in [0.3, 0.4) is 0 Å². The van der Waals surface area contributed by atoms with Gasteiger partial charge in [-0.3, -0.25) is 4.90 Å². The molecule has 0 unspecified atom stereocenters. The number of allylic oxidation sites excluding steroid dienone is 2. The van der Waals surface area contributed by atoms with Crippen LogP contribution in [-0.4, -0.2) is 74.0 Å². The Balaban J connectivity index is 2.04. The van der Waals surface area contributed by atoms with Gasteiger partial charge in [0.05, 0.1) is 19.8 Å². The predicted molar refractivity (Wildman–Crippen MR) is 93.2 cm³/mol. The lowest BCUT2D eigenvalue weighted by Crippen LogP contribution is -2.47. The highest BCUT2D eigenvalue weighted by atomic mass is 16.5. The fourth-order valence-electron chi connectivity index (χ4n) is 2.80. The second kappa shape index (κ2) is 12.1. The number of hydrogen-bond acceptors (Lipinski definition) is 4. The third-order valence-electron chi connectivity index (χ3n) is 4.40. The number of hydrogen-bond donors (Lipinski definition) is 1. The first kappa shape index (κ1) is 19.6. The summed E-state index contributed by atoms with van der Waals surface area (Å²) in [5, 5.41) is 8.67. The molecule has 0 amide bonds. The zero-order chi connectivity index (χ0) is 16.2. The Labute approximate surface area is 137 Å². The van der Waals surface area contributed by atoms with Crippen LogP contribution in [0.5, 0.6) is 0 Å². The molecule has 0 radical (unpaired) electrons. The minimum Gasteiger partial charge on any atom is -0.394 e. The predicted octanol–water partition coefficient (Wildman–Crippen LogP) is 2.39. The fraction of sp³-hybridized carbons (Fsp3) is 0.889. The zero-order valence-electron chi connectivity index (χ0n) is 14.9. The Hall–Kier alpha value is -0.420. The van der Waals surface area contributed by atoms with Crippen LogP contribution >= 0.6 is 0 Å². The van der Waals surface area contributed by atoms with E-state index in [0.29, 0.717) is 6.61 Å². The van der Waals surface area contributed by atoms with E-state index in [1.165, 1.54) is 44.5 Å². The molecule has 0 spiro atoms. The van der Waals surface area contributed by atoms with Crippen molar-refractivity contribution in [2.24, 2.45) is 5.92 Å². The van der Waals surface area contributed by atoms with Crippen molar-refractivity contribution in [1.29, 1.82) is 0 Å². The molecule has 4 nitrogen and oxygen atoms in total. The van der Waals surface area contributed by atoms with E-state index in [1.54, 1.807) is 0 Å². The first-order valence-corrected chi connectivity index (χ1v) is 8.88. The molecule has 0 bridgehead atoms. The Morgan fingerprint density at radius 1 is 1.05 bits per heavy atom. The van der Waals surface area contributed by atoms with Crippen LogP contribution in [0.4, 0.5) is 0 Å². The van der Waals surface area contributed by atoms with E-state index in [1.807, 2.05) is 0 Å². The molecule has 0 aromatic rings. The van der Waals surface area contributed by atoms with Gasteiger partial charge >= 0.3 is 0 Å². The minimum absolute atomic E-state index is 0.125. The van der Waals surface area contributed by atoms with Crippen molar-refractivity contribution in [3.05, 3.63) is 11.6 Å². The molecule has 0 aromatic carbocycles. The average molecular weight is 312 g/mol. The number of aliphatic hydroxyl groups excluding tert-OH is 1. The molecule has 0 saturated carbocycles. The van der Waals surface area contributed by atoms with Gasteiger partial charge in [-0.1, -0.05) is 18.6 Å². The molecule has 1 aliphatic heterocycles. The maximum atomic E-state index is 8.67. The van der Waals surface area contributed by atoms with Gasteiger partial charge in [0.1, 0.15) is 0 Å². The summed E-state index contributed by atoms with van der Waals surface area (Å²) < 4.78 is 5.34. The Morgan fingerprint density at radius 2 is 1.68 bits per heavy atom. The molecule has 1 saturated heterocycles. The van der Waals surface area contributed by atoms with Crippen molar-refractivity contribution in [2.45, 2.75) is 40.0 Å². The maximum Gasteiger partial charge on any atom is 0.0698 e. The lowest BCUT2D eigenvalue weighted by atomic mass is 10.0. The third-order valence-corrected chi connectivity index (χ3v) is 4.40. The van der Waals surface area contributed by atoms with Crippen molar-refractivity contribution in [2.75, 3.05) is 59.1 Å². The van der Waals surface area contributed by atoms with E-state index >= 15 is 0 Å². The molecule has 0 aromatic heterocycles. The number of piperazine rings is 1. The zero-order valence-corrected chi connectivity index (χ0v) is 14.9. The number of nitrogens with zero attached hydrogens (tertiary/aromatic N) is 2. The summed E-state index contributed by atoms with van der Waals surface area (Å²) in [6.45, 7) is 15.0. The van der Waals surface area contributed by atoms with Gasteiger partial charge in [-0.2, -0.15) is 0 Å². The molecule has 1 rings (SSSR count). The van der Waals surface area contributed by atoms with E-state index in [2.05, 4.69) is 36.6 Å². The molecule has 22 heavy (non-hydrogen) atoms. The van der Waals surface area contributed by atoms with E-state index < -0.39 is 0 Å². The standard InChI is InChI=1S/C18H36N2O2/c1-17(2)5-4-6-18(3)7-8-19-9-11-20(12-10-19)13-15-22-16-14-21/h5,18,21H,4,6-16H2,1-3H3/t18-/m1/s1. The van der Waals surface area contributed by atoms with Crippen LogP contribution in [0.15, 0.2) is 11.6 Å². The molecule has 1 heterocycles. The second-order valence-corrected chi connectivity index (χ2v) is 6.77. The minimum atomic E-state index is 0.125. The van der Waals surface area contributed by atoms with Gasteiger partial charge in [-0.05, 0) is 45.6 Å². The van der Waals surface area contributed by atoms with Gasteiger partial charge in [-0.15, -0.1) is 0 Å². The number of ether oxygens (including phenoxy) is 1. The van der Waals surface area contributed by atoms with Gasteiger partial charge in [0.2, 0.25) is 0 Å². The van der Waals surface area contributed by atoms with Crippen LogP contribution in [0.25, 0.3) is 0 Å². The van der Waals surface area contributed by atoms with Crippen LogP contribution in [0.1, 0.15) is 40.0 Å². The summed E-state index contributed by atoms with van der Waals surface area (Å²) in [5.41, 5.74) is 1.44. The molecule has 1 atom stereocenters. The lowest BCUT2D eigenvalue weighted by Gasteiger charge is -2.35. The molecule has 1 fully saturated rings. The molecular weight excluding hydrogens is 276 g/mol. The maximum absolute atomic E-state index is 8.67. The smallest absolute Gasteiger partial charge is 0.0698 e. The molecule has 130 valence electrons. The van der Waals surface area contributed by atoms with E-state index in [0.717, 1.165) is 32.2 Å². The highest BCUT2D eigenvalue weighted by molar-refractivity contribution is 4.92. The summed E-state index contributed by atoms with van der Waals surface area (Å²) in [6.07, 6.45) is 6.21. The van der Waals surface area contributed by atoms with Crippen molar-refractivity contribution in [3.8, 4) is 0 Å². The largest absolute Gasteiger partial charge is 0.394 e. The summed E-state index contributed by atoms with van der Waals surface area (Å²) in [5.74, 6) is 0.820. The first-order valence-electron chi connectivity index (χ1n) is 8.88. The molecule has 4 heteroatoms. The average Bonchev–Trinajstić information content (AvgIpc) is 2.50. The first-order chi connectivity index (χ1) is 10.6. The number of rotatable bonds is 11. The van der Waals surface area contributed by atoms with Crippen molar-refractivity contribution >= 4 is 0 Å². The quantitative estimate of drug-likeness (QED) is 0.469. The second-order valence-electron chi connectivity index (χ2n) is 6.77. The van der Waals surface area contributed by atoms with Gasteiger partial charge in [-0.25, -0.2) is 0 Å². The Kier molecular flexibility index (Phi) is 10.8. The van der Waals surface area contributed by atoms with Crippen molar-refractivity contribution in [3.63, 3.8) is 0 Å². The normalized spacial score (nSPS) is 18.4. The molecule has 1 N–H and O–H groups in total. The van der Waals surface area contributed by atoms with Gasteiger partial charge in [0.15, 0.2) is 0 Å². The lowest BCUT2D eigenvalue weighted by molar-refractivity contribution is 0.0567. The van der Waals surface area contributed by atoms with Crippen LogP contribution in [-0.2, 0) is 4.74 Å². The van der Waals surface area contributed by atoms with Crippen molar-refractivity contribution < 1.29 is 9.84 Å². The van der Waals surface area contributed by atoms with E-state index in [-0.39, 0.29) is 6.61 Å². The third kappa shape index (κ3) is 9.57. The highest BCUT2D eigenvalue weighted by Crippen LogP contribution is 2.13. The monoisotopic (exact) mass is 312 g/mol. The van der Waals surface area contributed by atoms with Crippen LogP contribution in [0.2, 0.25) is 0 Å². The molecule has 1 aliphatic rings. The van der Waals surface area contributed by atoms with Crippen LogP contribution in [0, 0.1) is 5.92 Å².